The summed E-state index contributed by atoms with van der Waals surface area (Å²) in [5.74, 6) is 0. The molecule has 0 rings (SSSR count). The van der Waals surface area contributed by atoms with Gasteiger partial charge in [0.05, 0.1) is 6.61 Å². The van der Waals surface area contributed by atoms with Crippen LogP contribution in [-0.2, 0) is 4.43 Å². The highest BCUT2D eigenvalue weighted by atomic mass is 79.9. The van der Waals surface area contributed by atoms with Crippen molar-refractivity contribution in [3.63, 3.8) is 0 Å². The number of unbranched alkanes of at least 4 members (excludes halogenated alkanes) is 2. The first-order chi connectivity index (χ1) is 7.70. The molecule has 17 heavy (non-hydrogen) atoms. The maximum atomic E-state index is 8.80. The number of aliphatic hydroxyl groups is 1. The van der Waals surface area contributed by atoms with Crippen LogP contribution in [0.15, 0.2) is 10.6 Å². The zero-order valence-electron chi connectivity index (χ0n) is 11.8. The first-order valence-electron chi connectivity index (χ1n) is 6.30. The second-order valence-corrected chi connectivity index (χ2v) is 11.7. The van der Waals surface area contributed by atoms with Gasteiger partial charge in [-0.1, -0.05) is 42.8 Å². The molecule has 0 spiro atoms. The minimum atomic E-state index is -1.56. The normalized spacial score (nSPS) is 14.2. The van der Waals surface area contributed by atoms with Gasteiger partial charge in [0, 0.05) is 11.1 Å². The van der Waals surface area contributed by atoms with Gasteiger partial charge in [-0.25, -0.2) is 0 Å². The third-order valence-corrected chi connectivity index (χ3v) is 8.50. The fraction of sp³-hybridized carbons (Fsp3) is 0.846. The van der Waals surface area contributed by atoms with Gasteiger partial charge < -0.3 is 9.53 Å². The number of aliphatic hydroxyl groups excluding tert-OH is 1. The van der Waals surface area contributed by atoms with Crippen LogP contribution in [0.25, 0.3) is 0 Å². The summed E-state index contributed by atoms with van der Waals surface area (Å²) in [6.07, 6.45) is 5.24. The lowest BCUT2D eigenvalue weighted by Gasteiger charge is -2.36. The largest absolute Gasteiger partial charge is 0.417 e. The topological polar surface area (TPSA) is 29.5 Å². The van der Waals surface area contributed by atoms with E-state index in [1.807, 2.05) is 6.08 Å². The van der Waals surface area contributed by atoms with Gasteiger partial charge in [-0.15, -0.1) is 0 Å². The number of hydrogen-bond acceptors (Lipinski definition) is 2. The molecule has 0 atom stereocenters. The van der Waals surface area contributed by atoms with Crippen LogP contribution in [0, 0.1) is 0 Å². The van der Waals surface area contributed by atoms with Crippen molar-refractivity contribution in [2.75, 3.05) is 13.2 Å². The summed E-state index contributed by atoms with van der Waals surface area (Å²) < 4.78 is 6.96. The summed E-state index contributed by atoms with van der Waals surface area (Å²) >= 11 is 3.29. The monoisotopic (exact) mass is 322 g/mol. The van der Waals surface area contributed by atoms with E-state index in [-0.39, 0.29) is 6.61 Å². The fourth-order valence-corrected chi connectivity index (χ4v) is 2.43. The van der Waals surface area contributed by atoms with Crippen LogP contribution >= 0.6 is 15.9 Å². The first-order valence-corrected chi connectivity index (χ1v) is 10.00. The van der Waals surface area contributed by atoms with Gasteiger partial charge in [-0.05, 0) is 37.4 Å². The summed E-state index contributed by atoms with van der Waals surface area (Å²) in [5, 5.41) is 9.10. The molecule has 0 aliphatic rings. The van der Waals surface area contributed by atoms with Crippen molar-refractivity contribution < 1.29 is 9.53 Å². The maximum Gasteiger partial charge on any atom is 0.191 e. The van der Waals surface area contributed by atoms with Crippen LogP contribution < -0.4 is 0 Å². The number of allylic oxidation sites excluding steroid dienone is 1. The van der Waals surface area contributed by atoms with E-state index in [9.17, 15) is 0 Å². The Labute approximate surface area is 116 Å². The molecule has 4 heteroatoms. The maximum absolute atomic E-state index is 8.80. The van der Waals surface area contributed by atoms with Crippen molar-refractivity contribution in [1.82, 2.24) is 0 Å². The Hall–Kier alpha value is 0.357. The second kappa shape index (κ2) is 7.72. The molecule has 0 fully saturated rings. The van der Waals surface area contributed by atoms with Gasteiger partial charge in [0.2, 0.25) is 0 Å². The zero-order chi connectivity index (χ0) is 13.5. The van der Waals surface area contributed by atoms with Gasteiger partial charge in [0.15, 0.2) is 8.32 Å². The highest BCUT2D eigenvalue weighted by Gasteiger charge is 2.36. The van der Waals surface area contributed by atoms with Crippen molar-refractivity contribution in [3.8, 4) is 0 Å². The molecule has 0 aromatic heterocycles. The average Bonchev–Trinajstić information content (AvgIpc) is 2.21. The van der Waals surface area contributed by atoms with Gasteiger partial charge in [-0.3, -0.25) is 0 Å². The van der Waals surface area contributed by atoms with Crippen LogP contribution in [-0.4, -0.2) is 26.6 Å². The lowest BCUT2D eigenvalue weighted by atomic mass is 10.2. The van der Waals surface area contributed by atoms with Gasteiger partial charge >= 0.3 is 0 Å². The summed E-state index contributed by atoms with van der Waals surface area (Å²) in [7, 11) is -1.56. The predicted molar refractivity (Wildman–Crippen MR) is 81.1 cm³/mol. The van der Waals surface area contributed by atoms with Crippen LogP contribution in [0.1, 0.15) is 40.0 Å². The summed E-state index contributed by atoms with van der Waals surface area (Å²) in [6, 6.07) is 0. The van der Waals surface area contributed by atoms with Gasteiger partial charge in [-0.2, -0.15) is 0 Å². The lowest BCUT2D eigenvalue weighted by Crippen LogP contribution is -2.40. The Morgan fingerprint density at radius 2 is 1.88 bits per heavy atom. The SMILES string of the molecule is CC(C)(C)[Si](C)(C)OCCCC/C=C(\Br)CO. The molecule has 0 saturated carbocycles. The second-order valence-electron chi connectivity index (χ2n) is 5.91. The Balaban J connectivity index is 3.73. The molecule has 0 aromatic carbocycles. The lowest BCUT2D eigenvalue weighted by molar-refractivity contribution is 0.279. The highest BCUT2D eigenvalue weighted by molar-refractivity contribution is 9.11. The third-order valence-electron chi connectivity index (χ3n) is 3.38. The van der Waals surface area contributed by atoms with E-state index >= 15 is 0 Å². The number of rotatable bonds is 7. The Morgan fingerprint density at radius 1 is 1.29 bits per heavy atom. The van der Waals surface area contributed by atoms with E-state index < -0.39 is 8.32 Å². The van der Waals surface area contributed by atoms with Crippen LogP contribution in [0.5, 0.6) is 0 Å². The zero-order valence-corrected chi connectivity index (χ0v) is 14.4. The van der Waals surface area contributed by atoms with E-state index in [2.05, 4.69) is 49.8 Å². The van der Waals surface area contributed by atoms with Crippen LogP contribution in [0.4, 0.5) is 0 Å². The average molecular weight is 323 g/mol. The Morgan fingerprint density at radius 3 is 2.35 bits per heavy atom. The van der Waals surface area contributed by atoms with E-state index in [4.69, 9.17) is 9.53 Å². The molecule has 0 bridgehead atoms. The van der Waals surface area contributed by atoms with Crippen molar-refractivity contribution in [2.45, 2.75) is 58.2 Å². The van der Waals surface area contributed by atoms with Crippen molar-refractivity contribution in [1.29, 1.82) is 0 Å². The fourth-order valence-electron chi connectivity index (χ4n) is 1.11. The van der Waals surface area contributed by atoms with Crippen molar-refractivity contribution >= 4 is 24.2 Å². The highest BCUT2D eigenvalue weighted by Crippen LogP contribution is 2.36. The first kappa shape index (κ1) is 17.4. The van der Waals surface area contributed by atoms with Gasteiger partial charge in [0.1, 0.15) is 0 Å². The van der Waals surface area contributed by atoms with Crippen molar-refractivity contribution in [3.05, 3.63) is 10.6 Å². The van der Waals surface area contributed by atoms with E-state index in [0.29, 0.717) is 5.04 Å². The molecule has 0 saturated heterocycles. The molecule has 0 aliphatic heterocycles. The van der Waals surface area contributed by atoms with Gasteiger partial charge in [0.25, 0.3) is 0 Å². The molecule has 0 aliphatic carbocycles. The molecule has 1 N–H and O–H groups in total. The third kappa shape index (κ3) is 7.39. The Bertz CT molecular complexity index is 244. The molecular weight excluding hydrogens is 296 g/mol. The molecular formula is C13H27BrO2Si. The smallest absolute Gasteiger partial charge is 0.191 e. The standard InChI is InChI=1S/C13H27BrO2Si/c1-13(2,3)17(4,5)16-10-8-6-7-9-12(14)11-15/h9,15H,6-8,10-11H2,1-5H3/b12-9-. The molecule has 0 amide bonds. The summed E-state index contributed by atoms with van der Waals surface area (Å²) in [5.41, 5.74) is 0. The molecule has 102 valence electrons. The predicted octanol–water partition coefficient (Wildman–Crippen LogP) is 4.45. The minimum Gasteiger partial charge on any atom is -0.417 e. The molecule has 0 radical (unpaired) electrons. The van der Waals surface area contributed by atoms with Crippen molar-refractivity contribution in [2.24, 2.45) is 0 Å². The molecule has 0 unspecified atom stereocenters. The molecule has 2 nitrogen and oxygen atoms in total. The minimum absolute atomic E-state index is 0.0977. The summed E-state index contributed by atoms with van der Waals surface area (Å²) in [6.45, 7) is 12.3. The quantitative estimate of drug-likeness (QED) is 0.554. The van der Waals surface area contributed by atoms with Crippen LogP contribution in [0.3, 0.4) is 0 Å². The van der Waals surface area contributed by atoms with Crippen LogP contribution in [0.2, 0.25) is 18.1 Å². The van der Waals surface area contributed by atoms with E-state index in [0.717, 1.165) is 30.4 Å². The Kier molecular flexibility index (Phi) is 7.88. The number of hydrogen-bond donors (Lipinski definition) is 1. The molecule has 0 heterocycles. The number of halogens is 1. The van der Waals surface area contributed by atoms with E-state index in [1.165, 1.54) is 0 Å². The summed E-state index contributed by atoms with van der Waals surface area (Å²) in [4.78, 5) is 0. The van der Waals surface area contributed by atoms with E-state index in [1.54, 1.807) is 0 Å². The molecule has 0 aromatic rings.